The molecule has 0 N–H and O–H groups in total. The van der Waals surface area contributed by atoms with E-state index < -0.39 is 11.2 Å². The van der Waals surface area contributed by atoms with Gasteiger partial charge in [0.15, 0.2) is 0 Å². The zero-order valence-electron chi connectivity index (χ0n) is 11.0. The summed E-state index contributed by atoms with van der Waals surface area (Å²) in [7, 11) is 0. The SMILES string of the molecule is [O-][S+](CCc1ccc(Br)cc1)CCc1ccc(Br)cc1. The minimum absolute atomic E-state index is 0.734. The van der Waals surface area contributed by atoms with Crippen LogP contribution in [0.5, 0.6) is 0 Å². The molecule has 0 amide bonds. The van der Waals surface area contributed by atoms with Crippen molar-refractivity contribution in [3.05, 3.63) is 68.6 Å². The third-order valence-electron chi connectivity index (χ3n) is 3.06. The predicted octanol–water partition coefficient (Wildman–Crippen LogP) is 4.75. The van der Waals surface area contributed by atoms with Crippen LogP contribution in [0.4, 0.5) is 0 Å². The van der Waals surface area contributed by atoms with Crippen LogP contribution in [0.3, 0.4) is 0 Å². The lowest BCUT2D eigenvalue weighted by molar-refractivity contribution is 0.593. The summed E-state index contributed by atoms with van der Waals surface area (Å²) >= 11 is 6.08. The average molecular weight is 416 g/mol. The number of aryl methyl sites for hydroxylation is 2. The van der Waals surface area contributed by atoms with E-state index in [0.29, 0.717) is 0 Å². The highest BCUT2D eigenvalue weighted by atomic mass is 79.9. The third-order valence-corrected chi connectivity index (χ3v) is 5.44. The molecule has 0 spiro atoms. The van der Waals surface area contributed by atoms with Gasteiger partial charge in [0.2, 0.25) is 0 Å². The second-order valence-corrected chi connectivity index (χ2v) is 8.13. The van der Waals surface area contributed by atoms with Gasteiger partial charge in [-0.25, -0.2) is 0 Å². The summed E-state index contributed by atoms with van der Waals surface area (Å²) in [6.07, 6.45) is 1.75. The van der Waals surface area contributed by atoms with E-state index in [1.165, 1.54) is 11.1 Å². The Labute approximate surface area is 140 Å². The van der Waals surface area contributed by atoms with Gasteiger partial charge in [-0.05, 0) is 35.4 Å². The summed E-state index contributed by atoms with van der Waals surface area (Å²) in [5.74, 6) is 1.47. The molecule has 0 aliphatic heterocycles. The largest absolute Gasteiger partial charge is 0.616 e. The van der Waals surface area contributed by atoms with E-state index in [0.717, 1.165) is 33.3 Å². The number of halogens is 2. The molecule has 0 unspecified atom stereocenters. The summed E-state index contributed by atoms with van der Waals surface area (Å²) in [6, 6.07) is 16.4. The highest BCUT2D eigenvalue weighted by molar-refractivity contribution is 9.10. The van der Waals surface area contributed by atoms with E-state index >= 15 is 0 Å². The molecular weight excluding hydrogens is 400 g/mol. The predicted molar refractivity (Wildman–Crippen MR) is 93.6 cm³/mol. The summed E-state index contributed by atoms with van der Waals surface area (Å²) < 4.78 is 14.2. The van der Waals surface area contributed by atoms with Gasteiger partial charge in [0.05, 0.1) is 0 Å². The number of rotatable bonds is 6. The fraction of sp³-hybridized carbons (Fsp3) is 0.250. The monoisotopic (exact) mass is 414 g/mol. The lowest BCUT2D eigenvalue weighted by Gasteiger charge is -2.11. The molecule has 0 aliphatic rings. The Morgan fingerprint density at radius 3 is 1.40 bits per heavy atom. The molecule has 2 aromatic carbocycles. The van der Waals surface area contributed by atoms with Crippen molar-refractivity contribution in [2.75, 3.05) is 11.5 Å². The van der Waals surface area contributed by atoms with Gasteiger partial charge in [-0.15, -0.1) is 0 Å². The van der Waals surface area contributed by atoms with Crippen molar-refractivity contribution < 1.29 is 4.55 Å². The molecule has 0 fully saturated rings. The first-order chi connectivity index (χ1) is 9.63. The Morgan fingerprint density at radius 2 is 1.05 bits per heavy atom. The maximum Gasteiger partial charge on any atom is 0.109 e. The van der Waals surface area contributed by atoms with Gasteiger partial charge in [0.25, 0.3) is 0 Å². The van der Waals surface area contributed by atoms with Crippen molar-refractivity contribution in [2.45, 2.75) is 12.8 Å². The lowest BCUT2D eigenvalue weighted by atomic mass is 10.2. The number of benzene rings is 2. The maximum atomic E-state index is 12.0. The molecule has 0 radical (unpaired) electrons. The highest BCUT2D eigenvalue weighted by Gasteiger charge is 2.07. The van der Waals surface area contributed by atoms with E-state index in [-0.39, 0.29) is 0 Å². The quantitative estimate of drug-likeness (QED) is 0.624. The van der Waals surface area contributed by atoms with Crippen LogP contribution >= 0.6 is 31.9 Å². The Hall–Kier alpha value is -0.290. The van der Waals surface area contributed by atoms with Gasteiger partial charge in [-0.1, -0.05) is 67.3 Å². The van der Waals surface area contributed by atoms with E-state index in [1.807, 2.05) is 24.3 Å². The first-order valence-corrected chi connectivity index (χ1v) is 9.55. The van der Waals surface area contributed by atoms with Crippen LogP contribution in [0, 0.1) is 0 Å². The van der Waals surface area contributed by atoms with Crippen LogP contribution in [0.1, 0.15) is 11.1 Å². The van der Waals surface area contributed by atoms with Gasteiger partial charge in [-0.2, -0.15) is 0 Å². The van der Waals surface area contributed by atoms with Gasteiger partial charge in [-0.3, -0.25) is 0 Å². The van der Waals surface area contributed by atoms with Crippen molar-refractivity contribution in [1.29, 1.82) is 0 Å². The van der Waals surface area contributed by atoms with Gasteiger partial charge >= 0.3 is 0 Å². The average Bonchev–Trinajstić information content (AvgIpc) is 2.46. The van der Waals surface area contributed by atoms with Crippen LogP contribution < -0.4 is 0 Å². The van der Waals surface area contributed by atoms with Crippen LogP contribution in [-0.2, 0) is 24.0 Å². The van der Waals surface area contributed by atoms with Crippen LogP contribution in [0.2, 0.25) is 0 Å². The van der Waals surface area contributed by atoms with E-state index in [9.17, 15) is 4.55 Å². The fourth-order valence-electron chi connectivity index (χ4n) is 1.87. The Morgan fingerprint density at radius 1 is 0.700 bits per heavy atom. The molecule has 0 atom stereocenters. The topological polar surface area (TPSA) is 23.1 Å². The molecule has 106 valence electrons. The molecule has 0 saturated carbocycles. The number of hydrogen-bond acceptors (Lipinski definition) is 1. The highest BCUT2D eigenvalue weighted by Crippen LogP contribution is 2.13. The molecular formula is C16H16Br2OS. The molecule has 0 bridgehead atoms. The minimum Gasteiger partial charge on any atom is -0.616 e. The Kier molecular flexibility index (Phi) is 6.62. The summed E-state index contributed by atoms with van der Waals surface area (Å²) in [5, 5.41) is 0. The van der Waals surface area contributed by atoms with Crippen LogP contribution in [0.15, 0.2) is 57.5 Å². The number of hydrogen-bond donors (Lipinski definition) is 0. The molecule has 2 rings (SSSR count). The maximum absolute atomic E-state index is 12.0. The molecule has 4 heteroatoms. The second-order valence-electron chi connectivity index (χ2n) is 4.60. The molecule has 0 aromatic heterocycles. The van der Waals surface area contributed by atoms with Gasteiger partial charge in [0.1, 0.15) is 11.5 Å². The summed E-state index contributed by atoms with van der Waals surface area (Å²) in [5.41, 5.74) is 2.48. The third kappa shape index (κ3) is 5.60. The first-order valence-electron chi connectivity index (χ1n) is 6.47. The van der Waals surface area contributed by atoms with Crippen molar-refractivity contribution in [3.63, 3.8) is 0 Å². The van der Waals surface area contributed by atoms with Gasteiger partial charge in [0, 0.05) is 21.8 Å². The van der Waals surface area contributed by atoms with Crippen molar-refractivity contribution in [2.24, 2.45) is 0 Å². The standard InChI is InChI=1S/C16H16Br2OS/c17-15-5-1-13(2-6-15)9-11-20(19)12-10-14-3-7-16(18)8-4-14/h1-8H,9-12H2. The lowest BCUT2D eigenvalue weighted by Crippen LogP contribution is -2.14. The van der Waals surface area contributed by atoms with E-state index in [2.05, 4.69) is 56.1 Å². The zero-order chi connectivity index (χ0) is 14.4. The fourth-order valence-corrected chi connectivity index (χ4v) is 3.53. The molecule has 2 aromatic rings. The zero-order valence-corrected chi connectivity index (χ0v) is 15.0. The smallest absolute Gasteiger partial charge is 0.109 e. The van der Waals surface area contributed by atoms with Crippen molar-refractivity contribution in [3.8, 4) is 0 Å². The van der Waals surface area contributed by atoms with Gasteiger partial charge < -0.3 is 4.55 Å². The molecule has 0 heterocycles. The summed E-state index contributed by atoms with van der Waals surface area (Å²) in [4.78, 5) is 0. The first kappa shape index (κ1) is 16.1. The van der Waals surface area contributed by atoms with Crippen LogP contribution in [0.25, 0.3) is 0 Å². The molecule has 0 aliphatic carbocycles. The minimum atomic E-state index is -0.755. The Bertz CT molecular complexity index is 476. The van der Waals surface area contributed by atoms with Crippen molar-refractivity contribution in [1.82, 2.24) is 0 Å². The summed E-state index contributed by atoms with van der Waals surface area (Å²) in [6.45, 7) is 0. The molecule has 1 nitrogen and oxygen atoms in total. The molecule has 20 heavy (non-hydrogen) atoms. The van der Waals surface area contributed by atoms with Crippen LogP contribution in [-0.4, -0.2) is 16.1 Å². The van der Waals surface area contributed by atoms with Crippen molar-refractivity contribution >= 4 is 43.0 Å². The Balaban J connectivity index is 1.73. The van der Waals surface area contributed by atoms with E-state index in [4.69, 9.17) is 0 Å². The molecule has 0 saturated heterocycles. The second kappa shape index (κ2) is 8.23. The normalized spacial score (nSPS) is 11.0. The van der Waals surface area contributed by atoms with E-state index in [1.54, 1.807) is 0 Å².